The van der Waals surface area contributed by atoms with Gasteiger partial charge in [-0.2, -0.15) is 0 Å². The maximum atomic E-state index is 12.6. The normalized spacial score (nSPS) is 17.2. The second kappa shape index (κ2) is 7.09. The van der Waals surface area contributed by atoms with Gasteiger partial charge < -0.3 is 10.3 Å². The zero-order valence-corrected chi connectivity index (χ0v) is 15.4. The summed E-state index contributed by atoms with van der Waals surface area (Å²) in [6.45, 7) is 1.36. The van der Waals surface area contributed by atoms with Crippen LogP contribution >= 0.6 is 11.6 Å². The van der Waals surface area contributed by atoms with E-state index in [1.807, 2.05) is 37.4 Å². The lowest BCUT2D eigenvalue weighted by Gasteiger charge is -2.33. The van der Waals surface area contributed by atoms with Crippen LogP contribution in [0.15, 0.2) is 42.5 Å². The van der Waals surface area contributed by atoms with Crippen LogP contribution in [0.2, 0.25) is 5.02 Å². The van der Waals surface area contributed by atoms with Crippen LogP contribution in [0.3, 0.4) is 0 Å². The molecule has 2 N–H and O–H groups in total. The monoisotopic (exact) mass is 368 g/mol. The van der Waals surface area contributed by atoms with Crippen LogP contribution in [0.5, 0.6) is 0 Å². The summed E-state index contributed by atoms with van der Waals surface area (Å²) in [4.78, 5) is 22.5. The minimum absolute atomic E-state index is 0.0705. The van der Waals surface area contributed by atoms with E-state index in [1.165, 1.54) is 11.1 Å². The number of amides is 1. The van der Waals surface area contributed by atoms with E-state index in [0.717, 1.165) is 29.8 Å². The van der Waals surface area contributed by atoms with Gasteiger partial charge in [-0.3, -0.25) is 9.69 Å². The fourth-order valence-electron chi connectivity index (χ4n) is 3.52. The lowest BCUT2D eigenvalue weighted by Crippen LogP contribution is -2.48. The van der Waals surface area contributed by atoms with Crippen LogP contribution in [0, 0.1) is 0 Å². The summed E-state index contributed by atoms with van der Waals surface area (Å²) >= 11 is 6.00. The SMILES string of the molecule is CN1Cc2ccccc2CC1C(=O)NCCc1nc2ccc(Cl)cc2[nH]1. The first-order valence-corrected chi connectivity index (χ1v) is 9.17. The van der Waals surface area contributed by atoms with Crippen molar-refractivity contribution >= 4 is 28.5 Å². The van der Waals surface area contributed by atoms with Crippen molar-refractivity contribution in [2.75, 3.05) is 13.6 Å². The maximum Gasteiger partial charge on any atom is 0.237 e. The molecule has 5 nitrogen and oxygen atoms in total. The number of H-pyrrole nitrogens is 1. The number of carbonyl (C=O) groups is 1. The van der Waals surface area contributed by atoms with Crippen LogP contribution in [-0.4, -0.2) is 40.4 Å². The van der Waals surface area contributed by atoms with Crippen molar-refractivity contribution in [2.45, 2.75) is 25.4 Å². The summed E-state index contributed by atoms with van der Waals surface area (Å²) in [6.07, 6.45) is 1.41. The lowest BCUT2D eigenvalue weighted by atomic mass is 9.94. The number of halogens is 1. The van der Waals surface area contributed by atoms with Gasteiger partial charge in [-0.15, -0.1) is 0 Å². The van der Waals surface area contributed by atoms with E-state index in [9.17, 15) is 4.79 Å². The number of rotatable bonds is 4. The molecule has 0 spiro atoms. The number of hydrogen-bond donors (Lipinski definition) is 2. The average molecular weight is 369 g/mol. The highest BCUT2D eigenvalue weighted by Gasteiger charge is 2.28. The van der Waals surface area contributed by atoms with Crippen molar-refractivity contribution in [1.29, 1.82) is 0 Å². The molecule has 2 heterocycles. The van der Waals surface area contributed by atoms with Crippen molar-refractivity contribution in [3.8, 4) is 0 Å². The molecular weight excluding hydrogens is 348 g/mol. The van der Waals surface area contributed by atoms with E-state index in [0.29, 0.717) is 18.0 Å². The molecule has 0 saturated heterocycles. The molecule has 0 radical (unpaired) electrons. The van der Waals surface area contributed by atoms with Gasteiger partial charge in [0.1, 0.15) is 5.82 Å². The van der Waals surface area contributed by atoms with Crippen molar-refractivity contribution in [3.63, 3.8) is 0 Å². The standard InChI is InChI=1S/C20H21ClN4O/c1-25-12-14-5-3-2-4-13(14)10-18(25)20(26)22-9-8-19-23-16-7-6-15(21)11-17(16)24-19/h2-7,11,18H,8-10,12H2,1H3,(H,22,26)(H,23,24). The number of aromatic nitrogens is 2. The van der Waals surface area contributed by atoms with Crippen molar-refractivity contribution in [1.82, 2.24) is 20.2 Å². The number of fused-ring (bicyclic) bond motifs is 2. The fourth-order valence-corrected chi connectivity index (χ4v) is 3.69. The third-order valence-corrected chi connectivity index (χ3v) is 5.18. The Morgan fingerprint density at radius 1 is 1.31 bits per heavy atom. The first-order chi connectivity index (χ1) is 12.6. The molecule has 0 saturated carbocycles. The minimum atomic E-state index is -0.126. The minimum Gasteiger partial charge on any atom is -0.354 e. The number of imidazole rings is 1. The molecule has 1 aliphatic rings. The van der Waals surface area contributed by atoms with Crippen LogP contribution in [0.4, 0.5) is 0 Å². The number of nitrogens with one attached hydrogen (secondary N) is 2. The fraction of sp³-hybridized carbons (Fsp3) is 0.300. The van der Waals surface area contributed by atoms with E-state index < -0.39 is 0 Å². The molecular formula is C20H21ClN4O. The highest BCUT2D eigenvalue weighted by atomic mass is 35.5. The van der Waals surface area contributed by atoms with Gasteiger partial charge in [0.2, 0.25) is 5.91 Å². The quantitative estimate of drug-likeness (QED) is 0.744. The van der Waals surface area contributed by atoms with Gasteiger partial charge in [-0.05, 0) is 42.8 Å². The summed E-state index contributed by atoms with van der Waals surface area (Å²) < 4.78 is 0. The van der Waals surface area contributed by atoms with Crippen molar-refractivity contribution < 1.29 is 4.79 Å². The van der Waals surface area contributed by atoms with Gasteiger partial charge in [0, 0.05) is 24.5 Å². The third-order valence-electron chi connectivity index (χ3n) is 4.94. The molecule has 0 bridgehead atoms. The van der Waals surface area contributed by atoms with Crippen molar-refractivity contribution in [2.24, 2.45) is 0 Å². The Morgan fingerprint density at radius 2 is 2.12 bits per heavy atom. The number of aromatic amines is 1. The van der Waals surface area contributed by atoms with E-state index in [-0.39, 0.29) is 11.9 Å². The number of likely N-dealkylation sites (N-methyl/N-ethyl adjacent to an activating group) is 1. The molecule has 0 fully saturated rings. The van der Waals surface area contributed by atoms with Crippen LogP contribution in [0.25, 0.3) is 11.0 Å². The number of carbonyl (C=O) groups excluding carboxylic acids is 1. The molecule has 1 aliphatic heterocycles. The van der Waals surface area contributed by atoms with E-state index >= 15 is 0 Å². The summed E-state index contributed by atoms with van der Waals surface area (Å²) in [5.74, 6) is 0.922. The Balaban J connectivity index is 1.36. The topological polar surface area (TPSA) is 61.0 Å². The Morgan fingerprint density at radius 3 is 2.96 bits per heavy atom. The Bertz CT molecular complexity index is 952. The molecule has 1 aromatic heterocycles. The molecule has 134 valence electrons. The Kier molecular flexibility index (Phi) is 4.66. The molecule has 6 heteroatoms. The van der Waals surface area contributed by atoms with E-state index in [2.05, 4.69) is 32.3 Å². The van der Waals surface area contributed by atoms with Gasteiger partial charge in [0.25, 0.3) is 0 Å². The number of nitrogens with zero attached hydrogens (tertiary/aromatic N) is 2. The van der Waals surface area contributed by atoms with Gasteiger partial charge in [-0.1, -0.05) is 35.9 Å². The summed E-state index contributed by atoms with van der Waals surface area (Å²) in [5.41, 5.74) is 4.38. The zero-order valence-electron chi connectivity index (χ0n) is 14.6. The van der Waals surface area contributed by atoms with Gasteiger partial charge in [0.15, 0.2) is 0 Å². The number of benzene rings is 2. The largest absolute Gasteiger partial charge is 0.354 e. The molecule has 26 heavy (non-hydrogen) atoms. The van der Waals surface area contributed by atoms with Gasteiger partial charge >= 0.3 is 0 Å². The maximum absolute atomic E-state index is 12.6. The predicted octanol–water partition coefficient (Wildman–Crippen LogP) is 2.93. The van der Waals surface area contributed by atoms with Crippen LogP contribution < -0.4 is 5.32 Å². The van der Waals surface area contributed by atoms with E-state index in [1.54, 1.807) is 0 Å². The molecule has 1 amide bonds. The molecule has 3 aromatic rings. The molecule has 1 atom stereocenters. The lowest BCUT2D eigenvalue weighted by molar-refractivity contribution is -0.126. The average Bonchev–Trinajstić information content (AvgIpc) is 3.02. The highest BCUT2D eigenvalue weighted by molar-refractivity contribution is 6.31. The molecule has 2 aromatic carbocycles. The van der Waals surface area contributed by atoms with Gasteiger partial charge in [0.05, 0.1) is 17.1 Å². The summed E-state index contributed by atoms with van der Waals surface area (Å²) in [5, 5.41) is 3.73. The molecule has 0 aliphatic carbocycles. The highest BCUT2D eigenvalue weighted by Crippen LogP contribution is 2.22. The third kappa shape index (κ3) is 3.45. The second-order valence-electron chi connectivity index (χ2n) is 6.79. The Labute approximate surface area is 157 Å². The molecule has 1 unspecified atom stereocenters. The first kappa shape index (κ1) is 17.1. The Hall–Kier alpha value is -2.37. The van der Waals surface area contributed by atoms with E-state index in [4.69, 9.17) is 11.6 Å². The summed E-state index contributed by atoms with van der Waals surface area (Å²) in [6, 6.07) is 13.8. The molecule has 4 rings (SSSR count). The second-order valence-corrected chi connectivity index (χ2v) is 7.23. The predicted molar refractivity (Wildman–Crippen MR) is 103 cm³/mol. The van der Waals surface area contributed by atoms with Gasteiger partial charge in [-0.25, -0.2) is 4.98 Å². The smallest absolute Gasteiger partial charge is 0.237 e. The summed E-state index contributed by atoms with van der Waals surface area (Å²) in [7, 11) is 2.00. The van der Waals surface area contributed by atoms with Crippen LogP contribution in [0.1, 0.15) is 17.0 Å². The zero-order chi connectivity index (χ0) is 18.1. The first-order valence-electron chi connectivity index (χ1n) is 8.79. The number of hydrogen-bond acceptors (Lipinski definition) is 3. The van der Waals surface area contributed by atoms with Crippen LogP contribution in [-0.2, 0) is 24.2 Å². The van der Waals surface area contributed by atoms with Crippen molar-refractivity contribution in [3.05, 3.63) is 64.4 Å².